The highest BCUT2D eigenvalue weighted by Gasteiger charge is 2.25. The summed E-state index contributed by atoms with van der Waals surface area (Å²) in [7, 11) is 5.31. The van der Waals surface area contributed by atoms with Crippen molar-refractivity contribution in [3.05, 3.63) is 27.7 Å². The number of hydrogen-bond acceptors (Lipinski definition) is 5. The van der Waals surface area contributed by atoms with E-state index in [2.05, 4.69) is 10.00 Å². The number of ether oxygens (including phenoxy) is 1. The molecule has 1 atom stereocenters. The molecule has 0 bridgehead atoms. The minimum atomic E-state index is -0.671. The largest absolute Gasteiger partial charge is 0.467 e. The van der Waals surface area contributed by atoms with Crippen LogP contribution in [0.5, 0.6) is 0 Å². The normalized spacial score (nSPS) is 12.7. The number of aromatic nitrogens is 2. The maximum atomic E-state index is 12.4. The topological polar surface area (TPSA) is 64.4 Å². The zero-order valence-corrected chi connectivity index (χ0v) is 14.4. The van der Waals surface area contributed by atoms with E-state index in [9.17, 15) is 9.59 Å². The van der Waals surface area contributed by atoms with Gasteiger partial charge in [-0.15, -0.1) is 0 Å². The first-order valence-electron chi connectivity index (χ1n) is 7.58. The van der Waals surface area contributed by atoms with E-state index in [1.807, 2.05) is 27.9 Å². The molecule has 0 fully saturated rings. The second kappa shape index (κ2) is 8.08. The monoisotopic (exact) mass is 309 g/mol. The average Bonchev–Trinajstić information content (AvgIpc) is 2.45. The third kappa shape index (κ3) is 4.94. The molecule has 0 aromatic carbocycles. The Morgan fingerprint density at radius 2 is 2.05 bits per heavy atom. The van der Waals surface area contributed by atoms with Gasteiger partial charge >= 0.3 is 5.97 Å². The molecule has 6 heteroatoms. The van der Waals surface area contributed by atoms with Gasteiger partial charge in [-0.1, -0.05) is 13.8 Å². The highest BCUT2D eigenvalue weighted by atomic mass is 16.5. The zero-order valence-electron chi connectivity index (χ0n) is 14.4. The van der Waals surface area contributed by atoms with E-state index in [0.717, 1.165) is 18.7 Å². The zero-order chi connectivity index (χ0) is 16.9. The molecule has 22 heavy (non-hydrogen) atoms. The molecule has 1 rings (SSSR count). The van der Waals surface area contributed by atoms with Crippen LogP contribution in [0.25, 0.3) is 0 Å². The van der Waals surface area contributed by atoms with Gasteiger partial charge < -0.3 is 9.64 Å². The van der Waals surface area contributed by atoms with Gasteiger partial charge in [-0.05, 0) is 39.4 Å². The third-order valence-electron chi connectivity index (χ3n) is 3.44. The Kier molecular flexibility index (Phi) is 6.74. The summed E-state index contributed by atoms with van der Waals surface area (Å²) < 4.78 is 6.15. The molecule has 0 amide bonds. The van der Waals surface area contributed by atoms with Gasteiger partial charge in [-0.3, -0.25) is 4.79 Å². The fourth-order valence-electron chi connectivity index (χ4n) is 2.26. The maximum absolute atomic E-state index is 12.4. The van der Waals surface area contributed by atoms with Crippen LogP contribution in [0.2, 0.25) is 0 Å². The number of esters is 1. The highest BCUT2D eigenvalue weighted by Crippen LogP contribution is 2.17. The summed E-state index contributed by atoms with van der Waals surface area (Å²) in [5.41, 5.74) is 1.18. The molecule has 0 N–H and O–H groups in total. The molecule has 1 aromatic heterocycles. The quantitative estimate of drug-likeness (QED) is 0.713. The molecule has 0 aliphatic carbocycles. The van der Waals surface area contributed by atoms with Gasteiger partial charge in [0.05, 0.1) is 12.8 Å². The summed E-state index contributed by atoms with van der Waals surface area (Å²) >= 11 is 0. The molecule has 0 saturated heterocycles. The van der Waals surface area contributed by atoms with Gasteiger partial charge in [-0.2, -0.15) is 5.10 Å². The van der Waals surface area contributed by atoms with Gasteiger partial charge in [0.1, 0.15) is 0 Å². The molecule has 0 saturated carbocycles. The van der Waals surface area contributed by atoms with E-state index in [0.29, 0.717) is 12.0 Å². The van der Waals surface area contributed by atoms with E-state index in [1.165, 1.54) is 11.8 Å². The fourth-order valence-corrected chi connectivity index (χ4v) is 2.26. The van der Waals surface area contributed by atoms with Crippen LogP contribution < -0.4 is 5.56 Å². The van der Waals surface area contributed by atoms with Crippen molar-refractivity contribution in [1.29, 1.82) is 0 Å². The number of aryl methyl sites for hydroxylation is 1. The second-order valence-corrected chi connectivity index (χ2v) is 6.29. The Bertz CT molecular complexity index is 564. The molecule has 124 valence electrons. The van der Waals surface area contributed by atoms with Crippen molar-refractivity contribution in [1.82, 2.24) is 14.7 Å². The fraction of sp³-hybridized carbons (Fsp3) is 0.688. The van der Waals surface area contributed by atoms with Crippen LogP contribution in [0.1, 0.15) is 37.6 Å². The number of nitrogens with zero attached hydrogens (tertiary/aromatic N) is 3. The molecule has 0 aliphatic heterocycles. The Morgan fingerprint density at radius 3 is 2.55 bits per heavy atom. The lowest BCUT2D eigenvalue weighted by atomic mass is 10.0. The van der Waals surface area contributed by atoms with Crippen molar-refractivity contribution >= 4 is 5.97 Å². The Hall–Kier alpha value is -1.69. The molecule has 0 aliphatic rings. The van der Waals surface area contributed by atoms with Gasteiger partial charge in [-0.25, -0.2) is 9.48 Å². The first-order chi connectivity index (χ1) is 10.3. The van der Waals surface area contributed by atoms with Gasteiger partial charge in [0, 0.05) is 18.5 Å². The number of hydrogen-bond donors (Lipinski definition) is 0. The van der Waals surface area contributed by atoms with Crippen LogP contribution >= 0.6 is 0 Å². The van der Waals surface area contributed by atoms with Crippen molar-refractivity contribution in [2.75, 3.05) is 27.7 Å². The van der Waals surface area contributed by atoms with Crippen LogP contribution in [-0.2, 0) is 16.0 Å². The Labute approximate surface area is 132 Å². The average molecular weight is 309 g/mol. The molecule has 1 unspecified atom stereocenters. The van der Waals surface area contributed by atoms with Crippen molar-refractivity contribution in [3.63, 3.8) is 0 Å². The molecular weight excluding hydrogens is 282 g/mol. The summed E-state index contributed by atoms with van der Waals surface area (Å²) in [4.78, 5) is 26.5. The lowest BCUT2D eigenvalue weighted by molar-refractivity contribution is -0.145. The van der Waals surface area contributed by atoms with Crippen LogP contribution in [0.15, 0.2) is 10.9 Å². The third-order valence-corrected chi connectivity index (χ3v) is 3.44. The summed E-state index contributed by atoms with van der Waals surface area (Å²) in [6.07, 6.45) is 1.25. The van der Waals surface area contributed by atoms with E-state index < -0.39 is 12.0 Å². The standard InChI is InChI=1S/C16H27N3O3/c1-11(2)9-14(16(21)22-6)19-15(20)12(3)10-13(17-19)7-8-18(4)5/h10-11,14H,7-9H2,1-6H3. The van der Waals surface area contributed by atoms with Gasteiger partial charge in [0.2, 0.25) is 0 Å². The Morgan fingerprint density at radius 1 is 1.41 bits per heavy atom. The minimum Gasteiger partial charge on any atom is -0.467 e. The Balaban J connectivity index is 3.23. The van der Waals surface area contributed by atoms with Crippen LogP contribution in [0.4, 0.5) is 0 Å². The summed E-state index contributed by atoms with van der Waals surface area (Å²) in [6.45, 7) is 6.59. The molecular formula is C16H27N3O3. The minimum absolute atomic E-state index is 0.232. The van der Waals surface area contributed by atoms with E-state index in [1.54, 1.807) is 13.0 Å². The number of carbonyl (C=O) groups is 1. The SMILES string of the molecule is COC(=O)C(CC(C)C)n1nc(CCN(C)C)cc(C)c1=O. The lowest BCUT2D eigenvalue weighted by Crippen LogP contribution is -2.35. The second-order valence-electron chi connectivity index (χ2n) is 6.29. The molecule has 0 radical (unpaired) electrons. The first kappa shape index (κ1) is 18.4. The van der Waals surface area contributed by atoms with Crippen molar-refractivity contribution in [2.24, 2.45) is 5.92 Å². The van der Waals surface area contributed by atoms with Crippen LogP contribution in [0.3, 0.4) is 0 Å². The smallest absolute Gasteiger partial charge is 0.330 e. The van der Waals surface area contributed by atoms with Crippen LogP contribution in [-0.4, -0.2) is 48.4 Å². The van der Waals surface area contributed by atoms with E-state index in [4.69, 9.17) is 4.74 Å². The summed E-state index contributed by atoms with van der Waals surface area (Å²) in [5, 5.41) is 4.40. The lowest BCUT2D eigenvalue weighted by Gasteiger charge is -2.20. The molecule has 0 spiro atoms. The number of carbonyl (C=O) groups excluding carboxylic acids is 1. The maximum Gasteiger partial charge on any atom is 0.330 e. The predicted molar refractivity (Wildman–Crippen MR) is 86.0 cm³/mol. The van der Waals surface area contributed by atoms with Gasteiger partial charge in [0.15, 0.2) is 6.04 Å². The number of rotatable bonds is 7. The van der Waals surface area contributed by atoms with Crippen molar-refractivity contribution in [2.45, 2.75) is 39.7 Å². The van der Waals surface area contributed by atoms with E-state index >= 15 is 0 Å². The van der Waals surface area contributed by atoms with Crippen molar-refractivity contribution in [3.8, 4) is 0 Å². The molecule has 6 nitrogen and oxygen atoms in total. The summed E-state index contributed by atoms with van der Waals surface area (Å²) in [6, 6.07) is 1.13. The van der Waals surface area contributed by atoms with Crippen LogP contribution in [0, 0.1) is 12.8 Å². The number of methoxy groups -OCH3 is 1. The number of likely N-dealkylation sites (N-methyl/N-ethyl adjacent to an activating group) is 1. The highest BCUT2D eigenvalue weighted by molar-refractivity contribution is 5.73. The predicted octanol–water partition coefficient (Wildman–Crippen LogP) is 1.42. The molecule has 1 heterocycles. The van der Waals surface area contributed by atoms with Crippen molar-refractivity contribution < 1.29 is 9.53 Å². The first-order valence-corrected chi connectivity index (χ1v) is 7.58. The van der Waals surface area contributed by atoms with E-state index in [-0.39, 0.29) is 11.5 Å². The van der Waals surface area contributed by atoms with Gasteiger partial charge in [0.25, 0.3) is 5.56 Å². The summed E-state index contributed by atoms with van der Waals surface area (Å²) in [5.74, 6) is -0.170. The molecule has 1 aromatic rings.